The molecule has 0 aliphatic rings. The molecule has 14 nitrogen and oxygen atoms in total. The summed E-state index contributed by atoms with van der Waals surface area (Å²) in [5, 5.41) is 35.1. The van der Waals surface area contributed by atoms with Gasteiger partial charge in [0.2, 0.25) is 10.9 Å². The molecule has 0 fully saturated rings. The Bertz CT molecular complexity index is 3230. The minimum absolute atomic E-state index is 0. The summed E-state index contributed by atoms with van der Waals surface area (Å²) in [6, 6.07) is 12.2. The molecule has 0 bridgehead atoms. The first-order valence-electron chi connectivity index (χ1n) is 22.6. The van der Waals surface area contributed by atoms with Gasteiger partial charge >= 0.3 is 57.4 Å². The average molecular weight is 1220 g/mol. The van der Waals surface area contributed by atoms with E-state index in [2.05, 4.69) is 155 Å². The summed E-state index contributed by atoms with van der Waals surface area (Å²) in [5.41, 5.74) is 29.5. The number of aliphatic hydroxyl groups is 1. The Labute approximate surface area is 512 Å². The molecule has 75 heavy (non-hydrogen) atoms. The molecule has 8 aromatic rings. The van der Waals surface area contributed by atoms with Crippen LogP contribution in [0.25, 0.3) is 30.6 Å². The van der Waals surface area contributed by atoms with Crippen LogP contribution >= 0.6 is 56.6 Å². The topological polar surface area (TPSA) is 219 Å². The number of aromatic nitrogens is 3. The first-order valence-corrected chi connectivity index (χ1v) is 26.1. The molecule has 3 radical (unpaired) electrons. The molecule has 0 aliphatic carbocycles. The van der Waals surface area contributed by atoms with Crippen molar-refractivity contribution in [3.05, 3.63) is 150 Å². The van der Waals surface area contributed by atoms with Gasteiger partial charge in [0.25, 0.3) is 0 Å². The number of nitrogens with zero attached hydrogens (tertiary/aromatic N) is 4. The van der Waals surface area contributed by atoms with E-state index in [9.17, 15) is 9.59 Å². The maximum absolute atomic E-state index is 11.0. The Hall–Kier alpha value is -3.75. The molecule has 0 saturated carbocycles. The monoisotopic (exact) mass is 1220 g/mol. The summed E-state index contributed by atoms with van der Waals surface area (Å²) < 4.78 is 4.66. The van der Waals surface area contributed by atoms with E-state index < -0.39 is 5.97 Å². The predicted molar refractivity (Wildman–Crippen MR) is 319 cm³/mol. The van der Waals surface area contributed by atoms with Crippen molar-refractivity contribution in [2.75, 3.05) is 11.1 Å². The Kier molecular flexibility index (Phi) is 31.2. The van der Waals surface area contributed by atoms with Crippen LogP contribution in [-0.2, 0) is 21.3 Å². The van der Waals surface area contributed by atoms with Gasteiger partial charge in [-0.2, -0.15) is 4.91 Å². The number of nitrogen functional groups attached to an aromatic ring is 1. The number of benzene rings is 5. The summed E-state index contributed by atoms with van der Waals surface area (Å²) in [6.07, 6.45) is 0. The molecule has 8 rings (SSSR count). The number of rotatable bonds is 6. The second-order valence-corrected chi connectivity index (χ2v) is 21.7. The average Bonchev–Trinajstić information content (AvgIpc) is 4.06. The van der Waals surface area contributed by atoms with Gasteiger partial charge in [-0.1, -0.05) is 14.2 Å². The summed E-state index contributed by atoms with van der Waals surface area (Å²) in [7, 11) is 0. The number of aryl methyl sites for hydroxylation is 10. The normalized spacial score (nSPS) is 9.97. The second kappa shape index (κ2) is 32.9. The largest absolute Gasteiger partial charge is 1.00 e. The van der Waals surface area contributed by atoms with E-state index in [1.54, 1.807) is 22.7 Å². The number of aromatic carboxylic acids is 1. The standard InChI is InChI=1S/C11H14INO.C11H11NO2S.C11H13NOS.C11H13NS.C9H13N.CH2NO4.CH4.B.K/c1-6-5-10(13-9(4)14)11(12)8(3)7(6)2;1-5-4-8-9(7(3)6(5)2)15-10(12-8)11(13)14;1-6-4-9-11(8(3)7(6)2)14-10(5-13)12-9;1-6-5-10-11(8(3)7(6)2)13-9(4)12-10;1-6-4-9(10)5-7(2)8(6)3;3-2-1-5-6-4;;;/h5H,1-4H3,(H,13,14);4H,1-3H3,(H,13,14);4,13H,5H2,1-3H3;5H,1-4H3;4-5H,10H2,1-3H3;1,4H;1H4;;/q;;;;;-1;;;+1. The van der Waals surface area contributed by atoms with Crippen molar-refractivity contribution in [3.8, 4) is 0 Å². The molecule has 0 spiro atoms. The second-order valence-electron chi connectivity index (χ2n) is 17.3. The molecule has 0 atom stereocenters. The summed E-state index contributed by atoms with van der Waals surface area (Å²) in [6.45, 7) is 35.5. The maximum atomic E-state index is 11.0. The van der Waals surface area contributed by atoms with Crippen LogP contribution in [0.5, 0.6) is 0 Å². The molecule has 3 heterocycles. The van der Waals surface area contributed by atoms with Gasteiger partial charge in [-0.15, -0.1) is 39.0 Å². The molecule has 6 N–H and O–H groups in total. The van der Waals surface area contributed by atoms with Crippen molar-refractivity contribution < 1.29 is 86.4 Å². The van der Waals surface area contributed by atoms with Crippen molar-refractivity contribution in [1.82, 2.24) is 15.0 Å². The molecule has 5 aromatic carbocycles. The number of nitroso groups, excluding NO2 is 1. The number of hydrogen-bond donors (Lipinski definition) is 5. The smallest absolute Gasteiger partial charge is 0.476 e. The third-order valence-electron chi connectivity index (χ3n) is 12.4. The number of amides is 1. The van der Waals surface area contributed by atoms with Crippen LogP contribution in [0.4, 0.5) is 11.4 Å². The number of nitrogens with two attached hydrogens (primary N) is 1. The maximum Gasteiger partial charge on any atom is 1.00 e. The number of carboxylic acid groups (broad SMARTS) is 1. The molecule has 397 valence electrons. The minimum atomic E-state index is -0.953. The van der Waals surface area contributed by atoms with Crippen LogP contribution in [0.3, 0.4) is 0 Å². The molecule has 3 aromatic heterocycles. The molecule has 1 amide bonds. The first-order chi connectivity index (χ1) is 33.7. The minimum Gasteiger partial charge on any atom is -0.476 e. The third kappa shape index (κ3) is 19.6. The van der Waals surface area contributed by atoms with E-state index in [4.69, 9.17) is 26.1 Å². The Morgan fingerprint density at radius 3 is 1.45 bits per heavy atom. The number of carboxylic acids is 1. The molecule has 0 unspecified atom stereocenters. The number of nitrogens with one attached hydrogen (secondary N) is 1. The van der Waals surface area contributed by atoms with E-state index in [1.807, 2.05) is 50.2 Å². The summed E-state index contributed by atoms with van der Waals surface area (Å²) >= 11 is 6.89. The number of carbonyl (C=O) groups is 2. The number of fused-ring (bicyclic) bond motifs is 3. The third-order valence-corrected chi connectivity index (χ3v) is 17.3. The van der Waals surface area contributed by atoms with E-state index in [0.29, 0.717) is 6.73 Å². The van der Waals surface area contributed by atoms with Crippen molar-refractivity contribution >= 4 is 119 Å². The van der Waals surface area contributed by atoms with Crippen LogP contribution in [0, 0.1) is 126 Å². The fourth-order valence-corrected chi connectivity index (χ4v) is 10.7. The van der Waals surface area contributed by atoms with Gasteiger partial charge in [0, 0.05) is 24.6 Å². The summed E-state index contributed by atoms with van der Waals surface area (Å²) in [4.78, 5) is 47.1. The molecule has 0 saturated heterocycles. The number of carbonyl (C=O) groups excluding carboxylic acids is 1. The quantitative estimate of drug-likeness (QED) is 0.0153. The van der Waals surface area contributed by atoms with Crippen LogP contribution in [0.15, 0.2) is 41.6 Å². The Morgan fingerprint density at radius 1 is 0.640 bits per heavy atom. The van der Waals surface area contributed by atoms with Gasteiger partial charge < -0.3 is 26.2 Å². The fourth-order valence-electron chi connectivity index (χ4n) is 7.19. The predicted octanol–water partition coefficient (Wildman–Crippen LogP) is 12.1. The van der Waals surface area contributed by atoms with E-state index >= 15 is 0 Å². The van der Waals surface area contributed by atoms with E-state index in [-0.39, 0.29) is 84.7 Å². The SMILES string of the molecule is C.CC(=O)Nc1cc(C)c(C)c(C)c1I.Cc1cc(N)cc(C)c1C.Cc1cc2nc(C(=O)O)sc2c(C)c1C.Cc1cc2nc(CO)sc2c(C)c1C.Cc1nc2cc(C)c(C)c(C)c2s1.O=N[CH-]OOO.[B].[K+]. The van der Waals surface area contributed by atoms with Crippen LogP contribution in [-0.4, -0.2) is 50.7 Å². The van der Waals surface area contributed by atoms with Crippen molar-refractivity contribution in [1.29, 1.82) is 0 Å². The Balaban J connectivity index is 0.000000884. The van der Waals surface area contributed by atoms with Crippen molar-refractivity contribution in [2.24, 2.45) is 5.18 Å². The van der Waals surface area contributed by atoms with Gasteiger partial charge in [-0.25, -0.2) is 30.2 Å². The number of anilines is 2. The number of halogens is 1. The number of aliphatic hydroxyl groups excluding tert-OH is 1. The van der Waals surface area contributed by atoms with Crippen LogP contribution in [0.2, 0.25) is 0 Å². The first kappa shape index (κ1) is 71.3. The van der Waals surface area contributed by atoms with Crippen molar-refractivity contribution in [2.45, 2.75) is 132 Å². The van der Waals surface area contributed by atoms with Gasteiger partial charge in [-0.05, 0) is 253 Å². The molecule has 0 aliphatic heterocycles. The summed E-state index contributed by atoms with van der Waals surface area (Å²) in [5.74, 6) is -0.975. The zero-order valence-electron chi connectivity index (χ0n) is 45.7. The number of hydrogen-bond acceptors (Lipinski definition) is 15. The fraction of sp³-hybridized carbons (Fsp3) is 0.345. The van der Waals surface area contributed by atoms with Gasteiger partial charge in [-0.3, -0.25) is 4.79 Å². The van der Waals surface area contributed by atoms with Crippen LogP contribution in [0.1, 0.15) is 118 Å². The van der Waals surface area contributed by atoms with Gasteiger partial charge in [0.05, 0.1) is 48.0 Å². The molecular formula is C55H70BIKN6O8S3. The van der Waals surface area contributed by atoms with E-state index in [1.165, 1.54) is 100.0 Å². The molecular weight excluding hydrogens is 1150 g/mol. The van der Waals surface area contributed by atoms with Gasteiger partial charge in [0.1, 0.15) is 5.01 Å². The number of thiazole rings is 3. The van der Waals surface area contributed by atoms with Crippen LogP contribution < -0.4 is 62.4 Å². The van der Waals surface area contributed by atoms with Crippen molar-refractivity contribution in [3.63, 3.8) is 0 Å². The van der Waals surface area contributed by atoms with Gasteiger partial charge in [0.15, 0.2) is 0 Å². The zero-order chi connectivity index (χ0) is 54.5. The Morgan fingerprint density at radius 2 is 1.04 bits per heavy atom. The zero-order valence-corrected chi connectivity index (χ0v) is 53.4. The van der Waals surface area contributed by atoms with E-state index in [0.717, 1.165) is 57.3 Å². The molecule has 20 heteroatoms.